The molecule has 1 N–H and O–H groups in total. The minimum absolute atomic E-state index is 0.0817. The van der Waals surface area contributed by atoms with Crippen molar-refractivity contribution in [1.29, 1.82) is 0 Å². The van der Waals surface area contributed by atoms with Crippen molar-refractivity contribution in [2.45, 2.75) is 26.3 Å². The van der Waals surface area contributed by atoms with E-state index in [2.05, 4.69) is 17.6 Å². The second-order valence-corrected chi connectivity index (χ2v) is 9.40. The largest absolute Gasteiger partial charge is 0.496 e. The number of aromatic nitrogens is 2. The first-order valence-electron chi connectivity index (χ1n) is 12.2. The average Bonchev–Trinajstić information content (AvgIpc) is 3.32. The third-order valence-corrected chi connectivity index (χ3v) is 6.52. The van der Waals surface area contributed by atoms with Crippen LogP contribution >= 0.6 is 23.2 Å². The molecule has 3 aromatic carbocycles. The summed E-state index contributed by atoms with van der Waals surface area (Å²) in [6.45, 7) is 3.15. The van der Waals surface area contributed by atoms with Crippen LogP contribution in [0.4, 0.5) is 0 Å². The van der Waals surface area contributed by atoms with Crippen molar-refractivity contribution in [3.05, 3.63) is 88.3 Å². The van der Waals surface area contributed by atoms with Crippen molar-refractivity contribution in [3.63, 3.8) is 0 Å². The maximum absolute atomic E-state index is 10.7. The molecule has 0 radical (unpaired) electrons. The molecule has 6 nitrogen and oxygen atoms in total. The van der Waals surface area contributed by atoms with Crippen LogP contribution in [0.25, 0.3) is 34.5 Å². The quantitative estimate of drug-likeness (QED) is 0.192. The Labute approximate surface area is 232 Å². The molecule has 0 fully saturated rings. The maximum Gasteiger partial charge on any atom is 0.303 e. The van der Waals surface area contributed by atoms with Crippen LogP contribution in [0.2, 0.25) is 10.0 Å². The first-order chi connectivity index (χ1) is 18.4. The number of carbonyl (C=O) groups is 1. The second-order valence-electron chi connectivity index (χ2n) is 8.56. The molecule has 0 aliphatic rings. The SMILES string of the molecule is CCn1cc(-c2ccc(Cl)cc2Cl)nc1C=Cc1cc(-c2cccc(OCCCC(=O)O)c2)ccc1OC. The number of carboxylic acid groups (broad SMARTS) is 1. The monoisotopic (exact) mass is 550 g/mol. The molecule has 0 atom stereocenters. The molecule has 0 spiro atoms. The van der Waals surface area contributed by atoms with E-state index in [1.54, 1.807) is 19.2 Å². The molecule has 0 aliphatic carbocycles. The number of aliphatic carboxylic acids is 1. The standard InChI is InChI=1S/C30H28Cl2N2O4/c1-3-34-19-27(25-12-11-23(31)18-26(25)32)33-29(34)14-10-22-16-21(9-13-28(22)37-2)20-6-4-7-24(17-20)38-15-5-8-30(35)36/h4,6-7,9-14,16-19H,3,5,8,15H2,1-2H3,(H,35,36). The van der Waals surface area contributed by atoms with Gasteiger partial charge in [-0.1, -0.05) is 41.4 Å². The van der Waals surface area contributed by atoms with Gasteiger partial charge in [0.15, 0.2) is 0 Å². The van der Waals surface area contributed by atoms with Crippen LogP contribution in [0.5, 0.6) is 11.5 Å². The smallest absolute Gasteiger partial charge is 0.303 e. The van der Waals surface area contributed by atoms with E-state index in [-0.39, 0.29) is 6.42 Å². The van der Waals surface area contributed by atoms with Crippen molar-refractivity contribution in [3.8, 4) is 33.9 Å². The van der Waals surface area contributed by atoms with Gasteiger partial charge in [-0.2, -0.15) is 0 Å². The van der Waals surface area contributed by atoms with Gasteiger partial charge in [-0.15, -0.1) is 0 Å². The van der Waals surface area contributed by atoms with Gasteiger partial charge in [0.05, 0.1) is 24.4 Å². The molecule has 0 saturated carbocycles. The van der Waals surface area contributed by atoms with E-state index in [9.17, 15) is 4.79 Å². The number of methoxy groups -OCH3 is 1. The third kappa shape index (κ3) is 6.77. The molecule has 4 rings (SSSR count). The number of aryl methyl sites for hydroxylation is 1. The van der Waals surface area contributed by atoms with Crippen LogP contribution < -0.4 is 9.47 Å². The highest BCUT2D eigenvalue weighted by Gasteiger charge is 2.11. The summed E-state index contributed by atoms with van der Waals surface area (Å²) in [5.74, 6) is 1.39. The number of carboxylic acids is 1. The van der Waals surface area contributed by atoms with Gasteiger partial charge in [-0.3, -0.25) is 4.79 Å². The topological polar surface area (TPSA) is 73.6 Å². The average molecular weight is 551 g/mol. The van der Waals surface area contributed by atoms with Gasteiger partial charge in [0.25, 0.3) is 0 Å². The Bertz CT molecular complexity index is 1460. The molecule has 0 amide bonds. The van der Waals surface area contributed by atoms with Crippen molar-refractivity contribution in [2.75, 3.05) is 13.7 Å². The Balaban J connectivity index is 1.59. The number of hydrogen-bond donors (Lipinski definition) is 1. The van der Waals surface area contributed by atoms with E-state index in [1.807, 2.05) is 60.8 Å². The van der Waals surface area contributed by atoms with E-state index in [0.29, 0.717) is 28.8 Å². The molecular weight excluding hydrogens is 523 g/mol. The number of nitrogens with zero attached hydrogens (tertiary/aromatic N) is 2. The summed E-state index contributed by atoms with van der Waals surface area (Å²) in [5.41, 5.74) is 4.47. The number of imidazole rings is 1. The van der Waals surface area contributed by atoms with Crippen LogP contribution in [0, 0.1) is 0 Å². The highest BCUT2D eigenvalue weighted by atomic mass is 35.5. The number of halogens is 2. The lowest BCUT2D eigenvalue weighted by molar-refractivity contribution is -0.137. The summed E-state index contributed by atoms with van der Waals surface area (Å²) in [4.78, 5) is 15.5. The highest BCUT2D eigenvalue weighted by Crippen LogP contribution is 2.32. The fraction of sp³-hybridized carbons (Fsp3) is 0.200. The summed E-state index contributed by atoms with van der Waals surface area (Å²) < 4.78 is 13.4. The lowest BCUT2D eigenvalue weighted by Gasteiger charge is -2.10. The van der Waals surface area contributed by atoms with Gasteiger partial charge in [-0.25, -0.2) is 4.98 Å². The fourth-order valence-corrected chi connectivity index (χ4v) is 4.54. The number of hydrogen-bond acceptors (Lipinski definition) is 4. The Hall–Kier alpha value is -3.74. The van der Waals surface area contributed by atoms with Crippen LogP contribution in [0.3, 0.4) is 0 Å². The van der Waals surface area contributed by atoms with Crippen LogP contribution in [0.1, 0.15) is 31.2 Å². The Kier molecular flexibility index (Phi) is 9.10. The van der Waals surface area contributed by atoms with Gasteiger partial charge in [-0.05, 0) is 79.1 Å². The van der Waals surface area contributed by atoms with Crippen LogP contribution in [0.15, 0.2) is 66.9 Å². The fourth-order valence-electron chi connectivity index (χ4n) is 4.03. The summed E-state index contributed by atoms with van der Waals surface area (Å²) >= 11 is 12.5. The van der Waals surface area contributed by atoms with Crippen molar-refractivity contribution >= 4 is 41.3 Å². The summed E-state index contributed by atoms with van der Waals surface area (Å²) in [6.07, 6.45) is 6.45. The van der Waals surface area contributed by atoms with Crippen LogP contribution in [-0.4, -0.2) is 34.3 Å². The zero-order valence-corrected chi connectivity index (χ0v) is 22.7. The van der Waals surface area contributed by atoms with E-state index in [1.165, 1.54) is 0 Å². The number of rotatable bonds is 11. The predicted molar refractivity (Wildman–Crippen MR) is 153 cm³/mol. The molecule has 0 saturated heterocycles. The van der Waals surface area contributed by atoms with Gasteiger partial charge in [0, 0.05) is 35.3 Å². The normalized spacial score (nSPS) is 11.2. The molecule has 38 heavy (non-hydrogen) atoms. The van der Waals surface area contributed by atoms with Crippen molar-refractivity contribution in [1.82, 2.24) is 9.55 Å². The lowest BCUT2D eigenvalue weighted by Crippen LogP contribution is -2.02. The third-order valence-electron chi connectivity index (χ3n) is 5.97. The first-order valence-corrected chi connectivity index (χ1v) is 13.0. The maximum atomic E-state index is 10.7. The van der Waals surface area contributed by atoms with Crippen LogP contribution in [-0.2, 0) is 11.3 Å². The Morgan fingerprint density at radius 1 is 1.05 bits per heavy atom. The Morgan fingerprint density at radius 3 is 2.61 bits per heavy atom. The number of benzene rings is 3. The summed E-state index contributed by atoms with van der Waals surface area (Å²) in [5, 5.41) is 9.94. The van der Waals surface area contributed by atoms with E-state index >= 15 is 0 Å². The lowest BCUT2D eigenvalue weighted by atomic mass is 10.0. The minimum atomic E-state index is -0.826. The van der Waals surface area contributed by atoms with Gasteiger partial charge < -0.3 is 19.1 Å². The zero-order chi connectivity index (χ0) is 27.1. The Morgan fingerprint density at radius 2 is 1.87 bits per heavy atom. The van der Waals surface area contributed by atoms with Gasteiger partial charge >= 0.3 is 5.97 Å². The van der Waals surface area contributed by atoms with Crippen molar-refractivity contribution in [2.24, 2.45) is 0 Å². The van der Waals surface area contributed by atoms with E-state index < -0.39 is 5.97 Å². The molecule has 8 heteroatoms. The van der Waals surface area contributed by atoms with Crippen molar-refractivity contribution < 1.29 is 19.4 Å². The van der Waals surface area contributed by atoms with Gasteiger partial charge in [0.1, 0.15) is 17.3 Å². The molecular formula is C30H28Cl2N2O4. The highest BCUT2D eigenvalue weighted by molar-refractivity contribution is 6.36. The second kappa shape index (κ2) is 12.7. The number of ether oxygens (including phenoxy) is 2. The predicted octanol–water partition coefficient (Wildman–Crippen LogP) is 7.97. The molecule has 0 aliphatic heterocycles. The molecule has 0 bridgehead atoms. The molecule has 1 heterocycles. The first kappa shape index (κ1) is 27.3. The summed E-state index contributed by atoms with van der Waals surface area (Å²) in [6, 6.07) is 19.1. The minimum Gasteiger partial charge on any atom is -0.496 e. The van der Waals surface area contributed by atoms with E-state index in [4.69, 9.17) is 42.8 Å². The zero-order valence-electron chi connectivity index (χ0n) is 21.2. The molecule has 1 aromatic heterocycles. The molecule has 4 aromatic rings. The van der Waals surface area contributed by atoms with Gasteiger partial charge in [0.2, 0.25) is 0 Å². The molecule has 0 unspecified atom stereocenters. The summed E-state index contributed by atoms with van der Waals surface area (Å²) in [7, 11) is 1.64. The van der Waals surface area contributed by atoms with E-state index in [0.717, 1.165) is 46.1 Å². The molecule has 196 valence electrons.